The molecule has 3 aliphatic heterocycles. The van der Waals surface area contributed by atoms with Crippen LogP contribution >= 0.6 is 0 Å². The largest absolute Gasteiger partial charge is 0.377 e. The zero-order chi connectivity index (χ0) is 23.2. The Balaban J connectivity index is 0.000000221. The van der Waals surface area contributed by atoms with Crippen molar-refractivity contribution in [3.63, 3.8) is 0 Å². The van der Waals surface area contributed by atoms with Crippen LogP contribution in [0.4, 0.5) is 4.39 Å². The Morgan fingerprint density at radius 2 is 1.58 bits per heavy atom. The normalized spacial score (nSPS) is 23.9. The number of halogens is 1. The van der Waals surface area contributed by atoms with E-state index in [9.17, 15) is 14.0 Å². The number of alkyl halides is 1. The van der Waals surface area contributed by atoms with Crippen molar-refractivity contribution >= 4 is 11.8 Å². The van der Waals surface area contributed by atoms with Gasteiger partial charge in [0.2, 0.25) is 11.8 Å². The summed E-state index contributed by atoms with van der Waals surface area (Å²) in [5.41, 5.74) is 0.0606. The summed E-state index contributed by atoms with van der Waals surface area (Å²) in [4.78, 5) is 31.1. The molecule has 0 N–H and O–H groups in total. The maximum atomic E-state index is 12.8. The maximum Gasteiger partial charge on any atom is 0.246 e. The van der Waals surface area contributed by atoms with Crippen LogP contribution in [-0.4, -0.2) is 114 Å². The van der Waals surface area contributed by atoms with E-state index >= 15 is 0 Å². The Kier molecular flexibility index (Phi) is 9.21. The number of carbonyl (C=O) groups is 2. The second kappa shape index (κ2) is 11.2. The molecule has 3 rings (SSSR count). The zero-order valence-corrected chi connectivity index (χ0v) is 19.6. The van der Waals surface area contributed by atoms with Crippen LogP contribution in [0, 0.1) is 0 Å². The van der Waals surface area contributed by atoms with E-state index in [0.29, 0.717) is 25.2 Å². The third-order valence-corrected chi connectivity index (χ3v) is 6.41. The molecule has 7 nitrogen and oxygen atoms in total. The number of ether oxygens (including phenoxy) is 1. The van der Waals surface area contributed by atoms with Gasteiger partial charge >= 0.3 is 0 Å². The topological polar surface area (TPSA) is 56.3 Å². The molecule has 1 spiro atoms. The SMILES string of the molecule is C=CC(=O)N1CCN(C(C)C)C(CF)C1.C=CC(=O)N1CCN(C(C)C)C2(COC2)C1. The molecule has 8 heteroatoms. The quantitative estimate of drug-likeness (QED) is 0.610. The van der Waals surface area contributed by atoms with Crippen LogP contribution in [0.25, 0.3) is 0 Å². The molecule has 2 amide bonds. The summed E-state index contributed by atoms with van der Waals surface area (Å²) >= 11 is 0. The van der Waals surface area contributed by atoms with Crippen molar-refractivity contribution in [2.75, 3.05) is 59.2 Å². The van der Waals surface area contributed by atoms with E-state index in [0.717, 1.165) is 39.4 Å². The molecule has 1 unspecified atom stereocenters. The molecule has 0 saturated carbocycles. The minimum atomic E-state index is -0.404. The Bertz CT molecular complexity index is 651. The van der Waals surface area contributed by atoms with Crippen LogP contribution in [0.5, 0.6) is 0 Å². The average Bonchev–Trinajstić information content (AvgIpc) is 2.76. The van der Waals surface area contributed by atoms with Crippen molar-refractivity contribution < 1.29 is 18.7 Å². The van der Waals surface area contributed by atoms with Crippen molar-refractivity contribution in [3.05, 3.63) is 25.3 Å². The fraction of sp³-hybridized carbons (Fsp3) is 0.739. The zero-order valence-electron chi connectivity index (χ0n) is 19.6. The van der Waals surface area contributed by atoms with Gasteiger partial charge in [-0.25, -0.2) is 4.39 Å². The lowest BCUT2D eigenvalue weighted by Gasteiger charge is -2.56. The first-order chi connectivity index (χ1) is 14.7. The molecule has 1 atom stereocenters. The highest BCUT2D eigenvalue weighted by Gasteiger charge is 2.49. The molecule has 31 heavy (non-hydrogen) atoms. The fourth-order valence-corrected chi connectivity index (χ4v) is 4.72. The summed E-state index contributed by atoms with van der Waals surface area (Å²) < 4.78 is 18.2. The third-order valence-electron chi connectivity index (χ3n) is 6.41. The highest BCUT2D eigenvalue weighted by Crippen LogP contribution is 2.31. The fourth-order valence-electron chi connectivity index (χ4n) is 4.72. The average molecular weight is 439 g/mol. The van der Waals surface area contributed by atoms with Crippen LogP contribution in [0.15, 0.2) is 25.3 Å². The predicted octanol–water partition coefficient (Wildman–Crippen LogP) is 1.56. The minimum absolute atomic E-state index is 0.0367. The highest BCUT2D eigenvalue weighted by molar-refractivity contribution is 5.87. The number of hydrogen-bond donors (Lipinski definition) is 0. The van der Waals surface area contributed by atoms with Gasteiger partial charge < -0.3 is 14.5 Å². The first-order valence-electron chi connectivity index (χ1n) is 11.2. The van der Waals surface area contributed by atoms with E-state index in [-0.39, 0.29) is 23.4 Å². The molecule has 0 aromatic rings. The van der Waals surface area contributed by atoms with Gasteiger partial charge in [-0.3, -0.25) is 19.4 Å². The summed E-state index contributed by atoms with van der Waals surface area (Å²) in [5, 5.41) is 0. The van der Waals surface area contributed by atoms with Crippen molar-refractivity contribution in [1.29, 1.82) is 0 Å². The highest BCUT2D eigenvalue weighted by atomic mass is 19.1. The number of carbonyl (C=O) groups excluding carboxylic acids is 2. The number of hydrogen-bond acceptors (Lipinski definition) is 5. The summed E-state index contributed by atoms with van der Waals surface area (Å²) in [6, 6.07) is 0.666. The monoisotopic (exact) mass is 438 g/mol. The van der Waals surface area contributed by atoms with Crippen LogP contribution in [0.1, 0.15) is 27.7 Å². The second-order valence-corrected chi connectivity index (χ2v) is 9.10. The first-order valence-corrected chi connectivity index (χ1v) is 11.2. The molecular formula is C23H39FN4O3. The number of rotatable bonds is 5. The van der Waals surface area contributed by atoms with Gasteiger partial charge in [-0.05, 0) is 39.8 Å². The van der Waals surface area contributed by atoms with Crippen LogP contribution in [0.2, 0.25) is 0 Å². The lowest BCUT2D eigenvalue weighted by atomic mass is 9.90. The van der Waals surface area contributed by atoms with Gasteiger partial charge in [0, 0.05) is 51.4 Å². The number of nitrogens with zero attached hydrogens (tertiary/aromatic N) is 4. The lowest BCUT2D eigenvalue weighted by Crippen LogP contribution is -2.73. The smallest absolute Gasteiger partial charge is 0.246 e. The van der Waals surface area contributed by atoms with E-state index in [1.807, 2.05) is 18.7 Å². The van der Waals surface area contributed by atoms with E-state index in [1.165, 1.54) is 12.2 Å². The van der Waals surface area contributed by atoms with E-state index in [2.05, 4.69) is 36.8 Å². The Morgan fingerprint density at radius 1 is 1.00 bits per heavy atom. The van der Waals surface area contributed by atoms with Crippen molar-refractivity contribution in [2.45, 2.75) is 51.4 Å². The van der Waals surface area contributed by atoms with Gasteiger partial charge in [-0.15, -0.1) is 0 Å². The molecule has 0 bridgehead atoms. The second-order valence-electron chi connectivity index (χ2n) is 9.10. The Hall–Kier alpha value is -1.77. The third kappa shape index (κ3) is 5.93. The maximum absolute atomic E-state index is 12.8. The lowest BCUT2D eigenvalue weighted by molar-refractivity contribution is -0.182. The van der Waals surface area contributed by atoms with Crippen LogP contribution in [-0.2, 0) is 14.3 Å². The van der Waals surface area contributed by atoms with E-state index in [4.69, 9.17) is 4.74 Å². The molecule has 176 valence electrons. The summed E-state index contributed by atoms with van der Waals surface area (Å²) in [6.07, 6.45) is 2.69. The van der Waals surface area contributed by atoms with Gasteiger partial charge in [0.05, 0.1) is 24.8 Å². The van der Waals surface area contributed by atoms with Crippen molar-refractivity contribution in [2.24, 2.45) is 0 Å². The van der Waals surface area contributed by atoms with E-state index < -0.39 is 6.67 Å². The predicted molar refractivity (Wildman–Crippen MR) is 121 cm³/mol. The summed E-state index contributed by atoms with van der Waals surface area (Å²) in [7, 11) is 0. The summed E-state index contributed by atoms with van der Waals surface area (Å²) in [6.45, 7) is 20.9. The van der Waals surface area contributed by atoms with Gasteiger partial charge in [-0.1, -0.05) is 13.2 Å². The Labute approximate surface area is 186 Å². The van der Waals surface area contributed by atoms with Gasteiger partial charge in [-0.2, -0.15) is 0 Å². The molecule has 0 aromatic heterocycles. The molecule has 3 fully saturated rings. The summed E-state index contributed by atoms with van der Waals surface area (Å²) in [5.74, 6) is -0.0634. The molecule has 3 aliphatic rings. The molecular weight excluding hydrogens is 399 g/mol. The molecule has 0 aliphatic carbocycles. The Morgan fingerprint density at radius 3 is 2.03 bits per heavy atom. The molecule has 3 heterocycles. The standard InChI is InChI=1S/C12H20N2O2.C11H19FN2O/c1-4-11(15)13-5-6-14(10(2)3)12(7-13)8-16-9-12;1-4-11(15)13-5-6-14(9(2)3)10(7-12)8-13/h4,10H,1,5-9H2,2-3H3;4,9-10H,1,5-8H2,2-3H3. The van der Waals surface area contributed by atoms with Gasteiger partial charge in [0.1, 0.15) is 6.67 Å². The number of amides is 2. The minimum Gasteiger partial charge on any atom is -0.377 e. The van der Waals surface area contributed by atoms with Crippen molar-refractivity contribution in [3.8, 4) is 0 Å². The van der Waals surface area contributed by atoms with Crippen LogP contribution in [0.3, 0.4) is 0 Å². The van der Waals surface area contributed by atoms with Crippen LogP contribution < -0.4 is 0 Å². The van der Waals surface area contributed by atoms with Gasteiger partial charge in [0.25, 0.3) is 0 Å². The molecule has 3 saturated heterocycles. The molecule has 0 aromatic carbocycles. The first kappa shape index (κ1) is 25.5. The molecule has 0 radical (unpaired) electrons. The van der Waals surface area contributed by atoms with Crippen molar-refractivity contribution in [1.82, 2.24) is 19.6 Å². The van der Waals surface area contributed by atoms with Gasteiger partial charge in [0.15, 0.2) is 0 Å². The van der Waals surface area contributed by atoms with E-state index in [1.54, 1.807) is 4.90 Å². The number of piperazine rings is 2.